The number of thioether (sulfide) groups is 1. The van der Waals surface area contributed by atoms with E-state index < -0.39 is 29.1 Å². The number of carbonyl (C=O) groups excluding carboxylic acids is 3. The fourth-order valence-corrected chi connectivity index (χ4v) is 3.45. The fraction of sp³-hybridized carbons (Fsp3) is 0.765. The van der Waals surface area contributed by atoms with E-state index in [0.717, 1.165) is 37.4 Å². The van der Waals surface area contributed by atoms with Gasteiger partial charge in [0.2, 0.25) is 11.8 Å². The van der Waals surface area contributed by atoms with Gasteiger partial charge in [0, 0.05) is 13.3 Å². The van der Waals surface area contributed by atoms with Gasteiger partial charge in [-0.15, -0.1) is 0 Å². The monoisotopic (exact) mass is 374 g/mol. The Labute approximate surface area is 153 Å². The molecule has 0 aromatic carbocycles. The van der Waals surface area contributed by atoms with Gasteiger partial charge in [0.25, 0.3) is 0 Å². The van der Waals surface area contributed by atoms with E-state index >= 15 is 0 Å². The number of aliphatic carboxylic acids is 1. The number of carbonyl (C=O) groups is 4. The topological polar surface area (TPSA) is 127 Å². The van der Waals surface area contributed by atoms with Crippen molar-refractivity contribution in [1.29, 1.82) is 0 Å². The van der Waals surface area contributed by atoms with Crippen LogP contribution in [0.25, 0.3) is 0 Å². The number of nitrogens with two attached hydrogens (primary N) is 1. The molecule has 8 heteroatoms. The zero-order valence-electron chi connectivity index (χ0n) is 15.2. The maximum absolute atomic E-state index is 12.5. The maximum atomic E-state index is 12.5. The Balaban J connectivity index is 4.97. The van der Waals surface area contributed by atoms with Gasteiger partial charge in [-0.25, -0.2) is 4.79 Å². The van der Waals surface area contributed by atoms with Crippen molar-refractivity contribution in [1.82, 2.24) is 5.32 Å². The lowest BCUT2D eigenvalue weighted by molar-refractivity contribution is -0.142. The molecule has 0 heterocycles. The lowest BCUT2D eigenvalue weighted by Gasteiger charge is -2.23. The number of hydrogen-bond donors (Lipinski definition) is 3. The molecule has 0 bridgehead atoms. The Kier molecular flexibility index (Phi) is 11.9. The van der Waals surface area contributed by atoms with Crippen LogP contribution in [0.1, 0.15) is 65.7 Å². The standard InChI is InChI=1S/C17H30N2O5S/c1-4-6-7-12(5-2)10-14(25-11(3)20)16(22)19-13(17(23)24)8-9-15(18)21/h12-14H,4-10H2,1-3H3,(H2,18,21)(H,19,22)(H,23,24)/t12?,13?,14-/m0/s1. The maximum Gasteiger partial charge on any atom is 0.326 e. The van der Waals surface area contributed by atoms with Crippen LogP contribution in [0, 0.1) is 5.92 Å². The van der Waals surface area contributed by atoms with E-state index in [1.54, 1.807) is 0 Å². The molecule has 7 nitrogen and oxygen atoms in total. The van der Waals surface area contributed by atoms with Crippen LogP contribution in [0.15, 0.2) is 0 Å². The van der Waals surface area contributed by atoms with E-state index in [0.29, 0.717) is 12.3 Å². The highest BCUT2D eigenvalue weighted by molar-refractivity contribution is 8.14. The molecule has 3 atom stereocenters. The van der Waals surface area contributed by atoms with E-state index in [1.807, 2.05) is 6.92 Å². The van der Waals surface area contributed by atoms with Crippen LogP contribution in [-0.2, 0) is 19.2 Å². The second-order valence-electron chi connectivity index (χ2n) is 6.15. The molecule has 0 aromatic heterocycles. The predicted molar refractivity (Wildman–Crippen MR) is 98.0 cm³/mol. The van der Waals surface area contributed by atoms with Gasteiger partial charge < -0.3 is 16.2 Å². The molecule has 2 unspecified atom stereocenters. The van der Waals surface area contributed by atoms with Crippen molar-refractivity contribution >= 4 is 34.7 Å². The molecule has 0 saturated carbocycles. The average Bonchev–Trinajstić information content (AvgIpc) is 2.53. The van der Waals surface area contributed by atoms with E-state index in [9.17, 15) is 24.3 Å². The van der Waals surface area contributed by atoms with Crippen molar-refractivity contribution in [3.8, 4) is 0 Å². The van der Waals surface area contributed by atoms with Gasteiger partial charge in [-0.05, 0) is 18.8 Å². The summed E-state index contributed by atoms with van der Waals surface area (Å²) in [5, 5.41) is 10.8. The van der Waals surface area contributed by atoms with Crippen molar-refractivity contribution in [3.63, 3.8) is 0 Å². The molecule has 0 fully saturated rings. The lowest BCUT2D eigenvalue weighted by atomic mass is 9.94. The normalized spacial score (nSPS) is 14.4. The number of hydrogen-bond acceptors (Lipinski definition) is 5. The number of primary amides is 1. The zero-order valence-corrected chi connectivity index (χ0v) is 16.1. The van der Waals surface area contributed by atoms with E-state index in [1.165, 1.54) is 6.92 Å². The van der Waals surface area contributed by atoms with E-state index in [-0.39, 0.29) is 18.0 Å². The summed E-state index contributed by atoms with van der Waals surface area (Å²) in [6, 6.07) is -1.19. The minimum Gasteiger partial charge on any atom is -0.480 e. The Bertz CT molecular complexity index is 470. The Morgan fingerprint density at radius 3 is 2.24 bits per heavy atom. The molecular formula is C17H30N2O5S. The molecular weight excluding hydrogens is 344 g/mol. The van der Waals surface area contributed by atoms with Gasteiger partial charge in [0.15, 0.2) is 5.12 Å². The summed E-state index contributed by atoms with van der Waals surface area (Å²) in [5.41, 5.74) is 5.03. The minimum atomic E-state index is -1.22. The Morgan fingerprint density at radius 2 is 1.80 bits per heavy atom. The first-order chi connectivity index (χ1) is 11.7. The van der Waals surface area contributed by atoms with E-state index in [4.69, 9.17) is 5.73 Å². The second kappa shape index (κ2) is 12.7. The van der Waals surface area contributed by atoms with Crippen LogP contribution < -0.4 is 11.1 Å². The fourth-order valence-electron chi connectivity index (χ4n) is 2.50. The van der Waals surface area contributed by atoms with Crippen LogP contribution >= 0.6 is 11.8 Å². The molecule has 4 N–H and O–H groups in total. The number of carboxylic acid groups (broad SMARTS) is 1. The van der Waals surface area contributed by atoms with Gasteiger partial charge in [-0.2, -0.15) is 0 Å². The quantitative estimate of drug-likeness (QED) is 0.453. The number of amides is 2. The van der Waals surface area contributed by atoms with Crippen molar-refractivity contribution in [3.05, 3.63) is 0 Å². The SMILES string of the molecule is CCCCC(CC)C[C@H](SC(C)=O)C(=O)NC(CCC(N)=O)C(=O)O. The summed E-state index contributed by atoms with van der Waals surface area (Å²) < 4.78 is 0. The highest BCUT2D eigenvalue weighted by atomic mass is 32.2. The summed E-state index contributed by atoms with van der Waals surface area (Å²) in [6.07, 6.45) is 4.30. The molecule has 2 amide bonds. The first kappa shape index (κ1) is 23.4. The third kappa shape index (κ3) is 10.8. The second-order valence-corrected chi connectivity index (χ2v) is 7.53. The van der Waals surface area contributed by atoms with Crippen LogP contribution in [0.3, 0.4) is 0 Å². The Hall–Kier alpha value is -1.57. The molecule has 0 aliphatic rings. The molecule has 0 rings (SSSR count). The predicted octanol–water partition coefficient (Wildman–Crippen LogP) is 2.08. The van der Waals surface area contributed by atoms with Crippen molar-refractivity contribution in [2.75, 3.05) is 0 Å². The first-order valence-corrected chi connectivity index (χ1v) is 9.57. The van der Waals surface area contributed by atoms with Crippen LogP contribution in [-0.4, -0.2) is 39.3 Å². The van der Waals surface area contributed by atoms with Gasteiger partial charge in [0.05, 0.1) is 5.25 Å². The smallest absolute Gasteiger partial charge is 0.326 e. The third-order valence-electron chi connectivity index (χ3n) is 3.99. The first-order valence-electron chi connectivity index (χ1n) is 8.69. The van der Waals surface area contributed by atoms with Crippen LogP contribution in [0.4, 0.5) is 0 Å². The number of carboxylic acids is 1. The summed E-state index contributed by atoms with van der Waals surface area (Å²) >= 11 is 0.927. The zero-order chi connectivity index (χ0) is 19.4. The van der Waals surface area contributed by atoms with Crippen molar-refractivity contribution < 1.29 is 24.3 Å². The van der Waals surface area contributed by atoms with E-state index in [2.05, 4.69) is 12.2 Å². The van der Waals surface area contributed by atoms with Crippen molar-refractivity contribution in [2.24, 2.45) is 11.7 Å². The third-order valence-corrected chi connectivity index (χ3v) is 5.01. The Morgan fingerprint density at radius 1 is 1.16 bits per heavy atom. The highest BCUT2D eigenvalue weighted by Gasteiger charge is 2.28. The summed E-state index contributed by atoms with van der Waals surface area (Å²) in [5.74, 6) is -2.02. The average molecular weight is 375 g/mol. The lowest BCUT2D eigenvalue weighted by Crippen LogP contribution is -2.45. The van der Waals surface area contributed by atoms with Gasteiger partial charge in [0.1, 0.15) is 6.04 Å². The molecule has 25 heavy (non-hydrogen) atoms. The highest BCUT2D eigenvalue weighted by Crippen LogP contribution is 2.26. The molecule has 0 aliphatic heterocycles. The summed E-state index contributed by atoms with van der Waals surface area (Å²) in [7, 11) is 0. The van der Waals surface area contributed by atoms with Gasteiger partial charge in [-0.3, -0.25) is 14.4 Å². The number of rotatable bonds is 13. The van der Waals surface area contributed by atoms with Gasteiger partial charge in [-0.1, -0.05) is 51.3 Å². The molecule has 0 saturated heterocycles. The molecule has 144 valence electrons. The molecule has 0 spiro atoms. The number of unbranched alkanes of at least 4 members (excludes halogenated alkanes) is 1. The summed E-state index contributed by atoms with van der Waals surface area (Å²) in [6.45, 7) is 5.53. The molecule has 0 aliphatic carbocycles. The van der Waals surface area contributed by atoms with Crippen LogP contribution in [0.2, 0.25) is 0 Å². The summed E-state index contributed by atoms with van der Waals surface area (Å²) in [4.78, 5) is 46.1. The largest absolute Gasteiger partial charge is 0.480 e. The molecule has 0 aromatic rings. The minimum absolute atomic E-state index is 0.0685. The van der Waals surface area contributed by atoms with Crippen molar-refractivity contribution in [2.45, 2.75) is 77.0 Å². The number of nitrogens with one attached hydrogen (secondary N) is 1. The van der Waals surface area contributed by atoms with Crippen LogP contribution in [0.5, 0.6) is 0 Å². The molecule has 0 radical (unpaired) electrons. The van der Waals surface area contributed by atoms with Gasteiger partial charge >= 0.3 is 5.97 Å².